The summed E-state index contributed by atoms with van der Waals surface area (Å²) >= 11 is 0. The normalized spacial score (nSPS) is 25.0. The lowest BCUT2D eigenvalue weighted by Gasteiger charge is -2.37. The average Bonchev–Trinajstić information content (AvgIpc) is 2.37. The van der Waals surface area contributed by atoms with Gasteiger partial charge >= 0.3 is 0 Å². The van der Waals surface area contributed by atoms with Crippen molar-refractivity contribution in [3.63, 3.8) is 0 Å². The topological polar surface area (TPSA) is 68.0 Å². The Bertz CT molecular complexity index is 412. The van der Waals surface area contributed by atoms with Crippen LogP contribution in [-0.2, 0) is 11.3 Å². The number of pyridine rings is 1. The summed E-state index contributed by atoms with van der Waals surface area (Å²) in [5, 5.41) is 2.97. The second-order valence-corrected chi connectivity index (χ2v) is 5.38. The van der Waals surface area contributed by atoms with Gasteiger partial charge in [0.2, 0.25) is 5.91 Å². The Hall–Kier alpha value is -0.840. The smallest absolute Gasteiger partial charge is 0.225 e. The Kier molecular flexibility index (Phi) is 8.09. The lowest BCUT2D eigenvalue weighted by molar-refractivity contribution is -0.128. The maximum atomic E-state index is 12.2. The van der Waals surface area contributed by atoms with E-state index < -0.39 is 0 Å². The Morgan fingerprint density at radius 1 is 1.50 bits per heavy atom. The molecule has 3 N–H and O–H groups in total. The molecule has 1 aromatic heterocycles. The van der Waals surface area contributed by atoms with E-state index in [1.54, 1.807) is 12.4 Å². The van der Waals surface area contributed by atoms with Crippen LogP contribution in [0.1, 0.15) is 38.2 Å². The SMILES string of the molecule is CC1(N)CCCCC1C(=O)NCc1cccnc1.Cl.Cl. The van der Waals surface area contributed by atoms with Gasteiger partial charge < -0.3 is 11.1 Å². The van der Waals surface area contributed by atoms with E-state index in [0.717, 1.165) is 31.2 Å². The lowest BCUT2D eigenvalue weighted by atomic mass is 9.74. The van der Waals surface area contributed by atoms with E-state index in [0.29, 0.717) is 6.54 Å². The fourth-order valence-corrected chi connectivity index (χ4v) is 2.60. The van der Waals surface area contributed by atoms with Crippen molar-refractivity contribution in [3.8, 4) is 0 Å². The molecule has 1 aromatic rings. The molecular formula is C14H23Cl2N3O. The van der Waals surface area contributed by atoms with Crippen LogP contribution in [0, 0.1) is 5.92 Å². The zero-order chi connectivity index (χ0) is 13.0. The third-order valence-electron chi connectivity index (χ3n) is 3.76. The molecule has 0 aromatic carbocycles. The zero-order valence-electron chi connectivity index (χ0n) is 11.7. The molecule has 2 rings (SSSR count). The highest BCUT2D eigenvalue weighted by atomic mass is 35.5. The Labute approximate surface area is 132 Å². The van der Waals surface area contributed by atoms with E-state index in [2.05, 4.69) is 10.3 Å². The van der Waals surface area contributed by atoms with Crippen molar-refractivity contribution in [2.24, 2.45) is 11.7 Å². The van der Waals surface area contributed by atoms with Crippen LogP contribution >= 0.6 is 24.8 Å². The van der Waals surface area contributed by atoms with Gasteiger partial charge in [-0.3, -0.25) is 9.78 Å². The number of carbonyl (C=O) groups is 1. The number of aromatic nitrogens is 1. The number of rotatable bonds is 3. The van der Waals surface area contributed by atoms with Gasteiger partial charge in [0, 0.05) is 24.5 Å². The first-order chi connectivity index (χ1) is 8.59. The van der Waals surface area contributed by atoms with E-state index >= 15 is 0 Å². The van der Waals surface area contributed by atoms with Crippen LogP contribution in [0.25, 0.3) is 0 Å². The second-order valence-electron chi connectivity index (χ2n) is 5.38. The first kappa shape index (κ1) is 19.2. The molecule has 1 heterocycles. The predicted octanol–water partition coefficient (Wildman–Crippen LogP) is 2.45. The van der Waals surface area contributed by atoms with Crippen LogP contribution < -0.4 is 11.1 Å². The minimum Gasteiger partial charge on any atom is -0.352 e. The quantitative estimate of drug-likeness (QED) is 0.899. The second kappa shape index (κ2) is 8.45. The summed E-state index contributed by atoms with van der Waals surface area (Å²) in [4.78, 5) is 16.2. The Balaban J connectivity index is 0.00000180. The number of amides is 1. The van der Waals surface area contributed by atoms with Gasteiger partial charge in [-0.2, -0.15) is 0 Å². The highest BCUT2D eigenvalue weighted by Crippen LogP contribution is 2.31. The molecule has 1 saturated carbocycles. The molecule has 1 fully saturated rings. The van der Waals surface area contributed by atoms with Crippen LogP contribution in [0.4, 0.5) is 0 Å². The number of nitrogens with two attached hydrogens (primary N) is 1. The van der Waals surface area contributed by atoms with Gasteiger partial charge in [-0.25, -0.2) is 0 Å². The Morgan fingerprint density at radius 3 is 2.85 bits per heavy atom. The summed E-state index contributed by atoms with van der Waals surface area (Å²) < 4.78 is 0. The monoisotopic (exact) mass is 319 g/mol. The molecule has 0 saturated heterocycles. The molecule has 0 bridgehead atoms. The maximum absolute atomic E-state index is 12.2. The molecule has 2 unspecified atom stereocenters. The molecule has 0 radical (unpaired) electrons. The van der Waals surface area contributed by atoms with Gasteiger partial charge in [0.1, 0.15) is 0 Å². The first-order valence-corrected chi connectivity index (χ1v) is 6.55. The third kappa shape index (κ3) is 4.93. The minimum absolute atomic E-state index is 0. The maximum Gasteiger partial charge on any atom is 0.225 e. The summed E-state index contributed by atoms with van der Waals surface area (Å²) in [5.74, 6) is 0.00599. The van der Waals surface area contributed by atoms with Crippen molar-refractivity contribution in [2.75, 3.05) is 0 Å². The van der Waals surface area contributed by atoms with Crippen molar-refractivity contribution >= 4 is 30.7 Å². The predicted molar refractivity (Wildman–Crippen MR) is 85.1 cm³/mol. The van der Waals surface area contributed by atoms with Gasteiger partial charge in [-0.15, -0.1) is 24.8 Å². The average molecular weight is 320 g/mol. The zero-order valence-corrected chi connectivity index (χ0v) is 13.3. The molecule has 1 aliphatic carbocycles. The number of halogens is 2. The van der Waals surface area contributed by atoms with Crippen LogP contribution in [0.15, 0.2) is 24.5 Å². The van der Waals surface area contributed by atoms with Gasteiger partial charge in [0.15, 0.2) is 0 Å². The number of hydrogen-bond acceptors (Lipinski definition) is 3. The van der Waals surface area contributed by atoms with Crippen LogP contribution in [0.2, 0.25) is 0 Å². The largest absolute Gasteiger partial charge is 0.352 e. The van der Waals surface area contributed by atoms with E-state index in [1.807, 2.05) is 19.1 Å². The number of nitrogens with one attached hydrogen (secondary N) is 1. The van der Waals surface area contributed by atoms with Crippen molar-refractivity contribution in [3.05, 3.63) is 30.1 Å². The standard InChI is InChI=1S/C14H21N3O.2ClH/c1-14(15)7-3-2-6-12(14)13(18)17-10-11-5-4-8-16-9-11;;/h4-5,8-9,12H,2-3,6-7,10,15H2,1H3,(H,17,18);2*1H. The van der Waals surface area contributed by atoms with Gasteiger partial charge in [0.05, 0.1) is 5.92 Å². The lowest BCUT2D eigenvalue weighted by Crippen LogP contribution is -2.52. The van der Waals surface area contributed by atoms with Crippen LogP contribution in [0.3, 0.4) is 0 Å². The number of hydrogen-bond donors (Lipinski definition) is 2. The molecule has 20 heavy (non-hydrogen) atoms. The van der Waals surface area contributed by atoms with Gasteiger partial charge in [0.25, 0.3) is 0 Å². The summed E-state index contributed by atoms with van der Waals surface area (Å²) in [5.41, 5.74) is 6.87. The Morgan fingerprint density at radius 2 is 2.25 bits per heavy atom. The van der Waals surface area contributed by atoms with E-state index in [4.69, 9.17) is 5.73 Å². The summed E-state index contributed by atoms with van der Waals surface area (Å²) in [7, 11) is 0. The third-order valence-corrected chi connectivity index (χ3v) is 3.76. The highest BCUT2D eigenvalue weighted by molar-refractivity contribution is 5.85. The molecule has 1 amide bonds. The molecule has 2 atom stereocenters. The summed E-state index contributed by atoms with van der Waals surface area (Å²) in [6, 6.07) is 3.82. The van der Waals surface area contributed by atoms with Gasteiger partial charge in [-0.1, -0.05) is 18.9 Å². The van der Waals surface area contributed by atoms with Crippen molar-refractivity contribution in [1.29, 1.82) is 0 Å². The molecule has 1 aliphatic rings. The van der Waals surface area contributed by atoms with E-state index in [9.17, 15) is 4.79 Å². The van der Waals surface area contributed by atoms with Crippen molar-refractivity contribution < 1.29 is 4.79 Å². The van der Waals surface area contributed by atoms with Crippen LogP contribution in [0.5, 0.6) is 0 Å². The summed E-state index contributed by atoms with van der Waals surface area (Å²) in [6.45, 7) is 2.51. The van der Waals surface area contributed by atoms with Gasteiger partial charge in [-0.05, 0) is 31.4 Å². The number of carbonyl (C=O) groups excluding carboxylic acids is 1. The minimum atomic E-state index is -0.364. The molecule has 0 spiro atoms. The van der Waals surface area contributed by atoms with Crippen LogP contribution in [-0.4, -0.2) is 16.4 Å². The van der Waals surface area contributed by atoms with E-state index in [1.165, 1.54) is 0 Å². The molecule has 0 aliphatic heterocycles. The molecule has 4 nitrogen and oxygen atoms in total. The van der Waals surface area contributed by atoms with Crippen molar-refractivity contribution in [2.45, 2.75) is 44.7 Å². The highest BCUT2D eigenvalue weighted by Gasteiger charge is 2.37. The van der Waals surface area contributed by atoms with Crippen molar-refractivity contribution in [1.82, 2.24) is 10.3 Å². The molecular weight excluding hydrogens is 297 g/mol. The first-order valence-electron chi connectivity index (χ1n) is 6.55. The number of nitrogens with zero attached hydrogens (tertiary/aromatic N) is 1. The summed E-state index contributed by atoms with van der Waals surface area (Å²) in [6.07, 6.45) is 7.53. The van der Waals surface area contributed by atoms with E-state index in [-0.39, 0.29) is 42.2 Å². The fourth-order valence-electron chi connectivity index (χ4n) is 2.60. The molecule has 6 heteroatoms. The molecule has 114 valence electrons. The fraction of sp³-hybridized carbons (Fsp3) is 0.571.